The Labute approximate surface area is 121 Å². The molecule has 116 valence electrons. The van der Waals surface area contributed by atoms with Crippen LogP contribution < -0.4 is 11.3 Å². The van der Waals surface area contributed by atoms with Gasteiger partial charge >= 0.3 is 0 Å². The van der Waals surface area contributed by atoms with Crippen LogP contribution in [0.2, 0.25) is 5.02 Å². The Balaban J connectivity index is 2.61. The van der Waals surface area contributed by atoms with Crippen LogP contribution in [-0.2, 0) is 16.0 Å². The van der Waals surface area contributed by atoms with Crippen LogP contribution in [-0.4, -0.2) is 43.1 Å². The minimum Gasteiger partial charge on any atom is -0.383 e. The van der Waals surface area contributed by atoms with Crippen molar-refractivity contribution in [3.63, 3.8) is 0 Å². The van der Waals surface area contributed by atoms with Crippen LogP contribution in [0.3, 0.4) is 0 Å². The lowest BCUT2D eigenvalue weighted by atomic mass is 10.1. The summed E-state index contributed by atoms with van der Waals surface area (Å²) >= 11 is 6.08. The SMILES string of the molecule is COCCn1ncc(Cl)c1C(CCOCC(F)F)NN. The van der Waals surface area contributed by atoms with E-state index < -0.39 is 13.0 Å². The molecule has 0 aliphatic heterocycles. The Kier molecular flexibility index (Phi) is 7.93. The standard InChI is InChI=1S/C11H19ClF2N4O2/c1-19-5-3-18-11(8(12)6-16-18)9(17-15)2-4-20-7-10(13)14/h6,9-10,17H,2-5,7,15H2,1H3. The van der Waals surface area contributed by atoms with Gasteiger partial charge in [-0.3, -0.25) is 16.0 Å². The average molecular weight is 313 g/mol. The van der Waals surface area contributed by atoms with Gasteiger partial charge in [-0.05, 0) is 6.42 Å². The van der Waals surface area contributed by atoms with Crippen LogP contribution in [0.5, 0.6) is 0 Å². The van der Waals surface area contributed by atoms with E-state index in [1.165, 1.54) is 6.20 Å². The Morgan fingerprint density at radius 3 is 2.85 bits per heavy atom. The lowest BCUT2D eigenvalue weighted by molar-refractivity contribution is 0.0141. The van der Waals surface area contributed by atoms with Crippen molar-refractivity contribution in [3.8, 4) is 0 Å². The third-order valence-corrected chi connectivity index (χ3v) is 2.96. The molecule has 9 heteroatoms. The topological polar surface area (TPSA) is 74.3 Å². The summed E-state index contributed by atoms with van der Waals surface area (Å²) < 4.78 is 35.4. The van der Waals surface area contributed by atoms with Gasteiger partial charge < -0.3 is 9.47 Å². The van der Waals surface area contributed by atoms with Crippen molar-refractivity contribution in [2.75, 3.05) is 26.9 Å². The number of hydrogen-bond donors (Lipinski definition) is 2. The smallest absolute Gasteiger partial charge is 0.261 e. The van der Waals surface area contributed by atoms with Gasteiger partial charge in [-0.25, -0.2) is 8.78 Å². The van der Waals surface area contributed by atoms with Crippen molar-refractivity contribution >= 4 is 11.6 Å². The number of nitrogens with two attached hydrogens (primary N) is 1. The number of rotatable bonds is 10. The van der Waals surface area contributed by atoms with Crippen molar-refractivity contribution in [2.45, 2.75) is 25.4 Å². The minimum absolute atomic E-state index is 0.144. The summed E-state index contributed by atoms with van der Waals surface area (Å²) in [6.07, 6.45) is -0.562. The van der Waals surface area contributed by atoms with Crippen molar-refractivity contribution in [2.24, 2.45) is 5.84 Å². The summed E-state index contributed by atoms with van der Waals surface area (Å²) in [5.41, 5.74) is 3.28. The van der Waals surface area contributed by atoms with Gasteiger partial charge in [-0.1, -0.05) is 11.6 Å². The molecule has 1 heterocycles. The Hall–Kier alpha value is -0.800. The first kappa shape index (κ1) is 17.3. The molecule has 0 radical (unpaired) electrons. The summed E-state index contributed by atoms with van der Waals surface area (Å²) in [6, 6.07) is -0.334. The third kappa shape index (κ3) is 5.29. The van der Waals surface area contributed by atoms with Crippen molar-refractivity contribution < 1.29 is 18.3 Å². The molecule has 1 unspecified atom stereocenters. The maximum absolute atomic E-state index is 12.0. The van der Waals surface area contributed by atoms with Gasteiger partial charge in [0, 0.05) is 13.7 Å². The van der Waals surface area contributed by atoms with Crippen LogP contribution >= 0.6 is 11.6 Å². The van der Waals surface area contributed by atoms with E-state index in [-0.39, 0.29) is 12.6 Å². The molecule has 1 aromatic heterocycles. The molecule has 0 saturated heterocycles. The van der Waals surface area contributed by atoms with Gasteiger partial charge in [0.05, 0.1) is 36.1 Å². The Bertz CT molecular complexity index is 393. The first-order chi connectivity index (χ1) is 9.60. The number of nitrogens with one attached hydrogen (secondary N) is 1. The minimum atomic E-state index is -2.48. The highest BCUT2D eigenvalue weighted by Gasteiger charge is 2.19. The maximum Gasteiger partial charge on any atom is 0.261 e. The molecule has 1 atom stereocenters. The van der Waals surface area contributed by atoms with Crippen molar-refractivity contribution in [1.82, 2.24) is 15.2 Å². The third-order valence-electron chi connectivity index (χ3n) is 2.67. The summed E-state index contributed by atoms with van der Waals surface area (Å²) in [5, 5.41) is 4.58. The molecule has 0 aliphatic carbocycles. The zero-order valence-electron chi connectivity index (χ0n) is 11.2. The van der Waals surface area contributed by atoms with Crippen LogP contribution in [0, 0.1) is 0 Å². The Morgan fingerprint density at radius 1 is 1.50 bits per heavy atom. The maximum atomic E-state index is 12.0. The molecular weight excluding hydrogens is 294 g/mol. The highest BCUT2D eigenvalue weighted by Crippen LogP contribution is 2.24. The molecule has 0 saturated carbocycles. The zero-order chi connectivity index (χ0) is 15.0. The van der Waals surface area contributed by atoms with E-state index in [9.17, 15) is 8.78 Å². The van der Waals surface area contributed by atoms with E-state index in [2.05, 4.69) is 10.5 Å². The predicted molar refractivity (Wildman–Crippen MR) is 70.6 cm³/mol. The summed E-state index contributed by atoms with van der Waals surface area (Å²) in [6.45, 7) is 0.553. The number of hydrazine groups is 1. The van der Waals surface area contributed by atoms with E-state index in [0.29, 0.717) is 30.3 Å². The van der Waals surface area contributed by atoms with Crippen molar-refractivity contribution in [3.05, 3.63) is 16.9 Å². The molecule has 0 aliphatic rings. The molecule has 1 aromatic rings. The number of hydrogen-bond acceptors (Lipinski definition) is 5. The number of ether oxygens (including phenoxy) is 2. The van der Waals surface area contributed by atoms with Gasteiger partial charge in [0.2, 0.25) is 0 Å². The van der Waals surface area contributed by atoms with Gasteiger partial charge in [-0.2, -0.15) is 5.10 Å². The normalized spacial score (nSPS) is 13.1. The lowest BCUT2D eigenvalue weighted by Crippen LogP contribution is -2.31. The Morgan fingerprint density at radius 2 is 2.25 bits per heavy atom. The van der Waals surface area contributed by atoms with Crippen LogP contribution in [0.15, 0.2) is 6.20 Å². The fourth-order valence-corrected chi connectivity index (χ4v) is 2.02. The molecule has 6 nitrogen and oxygen atoms in total. The van der Waals surface area contributed by atoms with Crippen LogP contribution in [0.1, 0.15) is 18.2 Å². The molecule has 0 amide bonds. The van der Waals surface area contributed by atoms with Gasteiger partial charge in [0.25, 0.3) is 6.43 Å². The highest BCUT2D eigenvalue weighted by molar-refractivity contribution is 6.31. The lowest BCUT2D eigenvalue weighted by Gasteiger charge is -2.18. The quantitative estimate of drug-likeness (QED) is 0.388. The molecule has 0 fully saturated rings. The predicted octanol–water partition coefficient (Wildman–Crippen LogP) is 1.36. The molecule has 0 bridgehead atoms. The molecule has 20 heavy (non-hydrogen) atoms. The van der Waals surface area contributed by atoms with Gasteiger partial charge in [0.1, 0.15) is 6.61 Å². The zero-order valence-corrected chi connectivity index (χ0v) is 11.9. The summed E-state index contributed by atoms with van der Waals surface area (Å²) in [5.74, 6) is 5.49. The molecule has 0 spiro atoms. The monoisotopic (exact) mass is 312 g/mol. The molecule has 1 rings (SSSR count). The molecular formula is C11H19ClF2N4O2. The fraction of sp³-hybridized carbons (Fsp3) is 0.727. The molecule has 3 N–H and O–H groups in total. The van der Waals surface area contributed by atoms with E-state index >= 15 is 0 Å². The number of aromatic nitrogens is 2. The highest BCUT2D eigenvalue weighted by atomic mass is 35.5. The number of nitrogens with zero attached hydrogens (tertiary/aromatic N) is 2. The summed E-state index contributed by atoms with van der Waals surface area (Å²) in [7, 11) is 1.58. The summed E-state index contributed by atoms with van der Waals surface area (Å²) in [4.78, 5) is 0. The largest absolute Gasteiger partial charge is 0.383 e. The fourth-order valence-electron chi connectivity index (χ4n) is 1.75. The van der Waals surface area contributed by atoms with Gasteiger partial charge in [-0.15, -0.1) is 0 Å². The number of alkyl halides is 2. The van der Waals surface area contributed by atoms with E-state index in [1.807, 2.05) is 0 Å². The van der Waals surface area contributed by atoms with E-state index in [4.69, 9.17) is 26.9 Å². The second-order valence-electron chi connectivity index (χ2n) is 4.07. The first-order valence-electron chi connectivity index (χ1n) is 6.12. The first-order valence-corrected chi connectivity index (χ1v) is 6.50. The van der Waals surface area contributed by atoms with Gasteiger partial charge in [0.15, 0.2) is 0 Å². The second kappa shape index (κ2) is 9.19. The molecule has 0 aromatic carbocycles. The number of halogens is 3. The number of methoxy groups -OCH3 is 1. The van der Waals surface area contributed by atoms with E-state index in [0.717, 1.165) is 0 Å². The average Bonchev–Trinajstić information content (AvgIpc) is 2.78. The second-order valence-corrected chi connectivity index (χ2v) is 4.47. The van der Waals surface area contributed by atoms with E-state index in [1.54, 1.807) is 11.8 Å². The van der Waals surface area contributed by atoms with Crippen LogP contribution in [0.25, 0.3) is 0 Å². The van der Waals surface area contributed by atoms with Crippen LogP contribution in [0.4, 0.5) is 8.78 Å². The van der Waals surface area contributed by atoms with Crippen molar-refractivity contribution in [1.29, 1.82) is 0 Å².